The Hall–Kier alpha value is -2.11. The lowest BCUT2D eigenvalue weighted by Crippen LogP contribution is -2.37. The van der Waals surface area contributed by atoms with Crippen molar-refractivity contribution in [1.29, 1.82) is 0 Å². The SMILES string of the molecule is CCN(C(=O)C(=O)O)c1cccnc1NC1CCCC1. The summed E-state index contributed by atoms with van der Waals surface area (Å²) in [5, 5.41) is 12.2. The first kappa shape index (κ1) is 14.3. The van der Waals surface area contributed by atoms with Gasteiger partial charge in [-0.2, -0.15) is 0 Å². The van der Waals surface area contributed by atoms with Crippen LogP contribution in [0.1, 0.15) is 32.6 Å². The van der Waals surface area contributed by atoms with Crippen molar-refractivity contribution >= 4 is 23.4 Å². The van der Waals surface area contributed by atoms with E-state index < -0.39 is 11.9 Å². The molecule has 1 aliphatic carbocycles. The topological polar surface area (TPSA) is 82.5 Å². The molecule has 1 aromatic heterocycles. The zero-order valence-electron chi connectivity index (χ0n) is 11.5. The predicted molar refractivity (Wildman–Crippen MR) is 75.8 cm³/mol. The summed E-state index contributed by atoms with van der Waals surface area (Å²) >= 11 is 0. The van der Waals surface area contributed by atoms with E-state index in [1.54, 1.807) is 25.3 Å². The molecule has 0 atom stereocenters. The van der Waals surface area contributed by atoms with Crippen LogP contribution in [-0.2, 0) is 9.59 Å². The second kappa shape index (κ2) is 6.36. The highest BCUT2D eigenvalue weighted by Crippen LogP contribution is 2.28. The highest BCUT2D eigenvalue weighted by Gasteiger charge is 2.25. The maximum absolute atomic E-state index is 11.7. The molecular weight excluding hydrogens is 258 g/mol. The van der Waals surface area contributed by atoms with E-state index in [4.69, 9.17) is 5.11 Å². The molecule has 0 radical (unpaired) electrons. The summed E-state index contributed by atoms with van der Waals surface area (Å²) in [7, 11) is 0. The van der Waals surface area contributed by atoms with Crippen molar-refractivity contribution in [3.63, 3.8) is 0 Å². The lowest BCUT2D eigenvalue weighted by Gasteiger charge is -2.23. The van der Waals surface area contributed by atoms with Crippen LogP contribution in [0.2, 0.25) is 0 Å². The van der Waals surface area contributed by atoms with Gasteiger partial charge in [-0.3, -0.25) is 9.69 Å². The summed E-state index contributed by atoms with van der Waals surface area (Å²) in [5.74, 6) is -1.81. The van der Waals surface area contributed by atoms with Gasteiger partial charge in [-0.05, 0) is 31.9 Å². The maximum Gasteiger partial charge on any atom is 0.394 e. The summed E-state index contributed by atoms with van der Waals surface area (Å²) in [6, 6.07) is 3.77. The van der Waals surface area contributed by atoms with Gasteiger partial charge in [-0.1, -0.05) is 12.8 Å². The summed E-state index contributed by atoms with van der Waals surface area (Å²) in [4.78, 5) is 28.1. The lowest BCUT2D eigenvalue weighted by molar-refractivity contribution is -0.148. The van der Waals surface area contributed by atoms with E-state index in [2.05, 4.69) is 10.3 Å². The highest BCUT2D eigenvalue weighted by atomic mass is 16.4. The zero-order chi connectivity index (χ0) is 14.5. The Bertz CT molecular complexity index is 498. The number of aromatic nitrogens is 1. The van der Waals surface area contributed by atoms with Crippen LogP contribution in [-0.4, -0.2) is 34.6 Å². The Labute approximate surface area is 117 Å². The molecule has 2 rings (SSSR count). The molecule has 0 aliphatic heterocycles. The van der Waals surface area contributed by atoms with Crippen LogP contribution in [0.25, 0.3) is 0 Å². The van der Waals surface area contributed by atoms with Gasteiger partial charge in [0.15, 0.2) is 0 Å². The standard InChI is InChI=1S/C14H19N3O3/c1-2-17(13(18)14(19)20)11-8-5-9-15-12(11)16-10-6-3-4-7-10/h5,8-10H,2-4,6-7H2,1H3,(H,15,16)(H,19,20). The van der Waals surface area contributed by atoms with Gasteiger partial charge in [-0.25, -0.2) is 9.78 Å². The number of carbonyl (C=O) groups excluding carboxylic acids is 1. The molecule has 6 nitrogen and oxygen atoms in total. The lowest BCUT2D eigenvalue weighted by atomic mass is 10.2. The number of pyridine rings is 1. The Kier molecular flexibility index (Phi) is 4.55. The van der Waals surface area contributed by atoms with Crippen LogP contribution < -0.4 is 10.2 Å². The van der Waals surface area contributed by atoms with Crippen LogP contribution in [0.3, 0.4) is 0 Å². The second-order valence-electron chi connectivity index (χ2n) is 4.85. The Morgan fingerprint density at radius 1 is 1.45 bits per heavy atom. The average Bonchev–Trinajstić information content (AvgIpc) is 2.94. The number of rotatable bonds is 4. The number of hydrogen-bond acceptors (Lipinski definition) is 4. The number of carboxylic acids is 1. The summed E-state index contributed by atoms with van der Waals surface area (Å²) in [5.41, 5.74) is 0.522. The summed E-state index contributed by atoms with van der Waals surface area (Å²) in [6.07, 6.45) is 6.17. The molecule has 1 heterocycles. The Morgan fingerprint density at radius 3 is 2.75 bits per heavy atom. The molecule has 0 saturated heterocycles. The molecule has 0 unspecified atom stereocenters. The molecule has 20 heavy (non-hydrogen) atoms. The predicted octanol–water partition coefficient (Wildman–Crippen LogP) is 1.87. The Morgan fingerprint density at radius 2 is 2.15 bits per heavy atom. The first-order chi connectivity index (χ1) is 9.63. The molecule has 1 amide bonds. The fraction of sp³-hybridized carbons (Fsp3) is 0.500. The number of nitrogens with zero attached hydrogens (tertiary/aromatic N) is 2. The maximum atomic E-state index is 11.7. The minimum atomic E-state index is -1.46. The summed E-state index contributed by atoms with van der Waals surface area (Å²) < 4.78 is 0. The van der Waals surface area contributed by atoms with Gasteiger partial charge in [0.05, 0.1) is 5.69 Å². The Balaban J connectivity index is 2.25. The van der Waals surface area contributed by atoms with Crippen LogP contribution in [0, 0.1) is 0 Å². The highest BCUT2D eigenvalue weighted by molar-refractivity contribution is 6.37. The number of amides is 1. The third-order valence-corrected chi connectivity index (χ3v) is 3.52. The van der Waals surface area contributed by atoms with Gasteiger partial charge in [-0.15, -0.1) is 0 Å². The van der Waals surface area contributed by atoms with E-state index in [1.807, 2.05) is 0 Å². The normalized spacial score (nSPS) is 15.1. The van der Waals surface area contributed by atoms with E-state index in [0.29, 0.717) is 17.5 Å². The van der Waals surface area contributed by atoms with Gasteiger partial charge in [0.1, 0.15) is 5.82 Å². The molecule has 1 fully saturated rings. The minimum Gasteiger partial charge on any atom is -0.474 e. The van der Waals surface area contributed by atoms with Crippen molar-refractivity contribution in [2.75, 3.05) is 16.8 Å². The van der Waals surface area contributed by atoms with Crippen molar-refractivity contribution in [2.45, 2.75) is 38.6 Å². The zero-order valence-corrected chi connectivity index (χ0v) is 11.5. The molecule has 108 valence electrons. The van der Waals surface area contributed by atoms with E-state index in [9.17, 15) is 9.59 Å². The molecule has 0 aromatic carbocycles. The average molecular weight is 277 g/mol. The molecule has 1 aliphatic rings. The first-order valence-electron chi connectivity index (χ1n) is 6.89. The molecule has 6 heteroatoms. The number of nitrogens with one attached hydrogen (secondary N) is 1. The van der Waals surface area contributed by atoms with Crippen molar-refractivity contribution < 1.29 is 14.7 Å². The van der Waals surface area contributed by atoms with Crippen molar-refractivity contribution in [3.8, 4) is 0 Å². The number of carboxylic acid groups (broad SMARTS) is 1. The van der Waals surface area contributed by atoms with E-state index in [0.717, 1.165) is 12.8 Å². The number of anilines is 2. The molecule has 2 N–H and O–H groups in total. The van der Waals surface area contributed by atoms with Crippen molar-refractivity contribution in [2.24, 2.45) is 0 Å². The van der Waals surface area contributed by atoms with Crippen LogP contribution in [0.4, 0.5) is 11.5 Å². The molecule has 0 spiro atoms. The molecular formula is C14H19N3O3. The largest absolute Gasteiger partial charge is 0.474 e. The number of aliphatic carboxylic acids is 1. The van der Waals surface area contributed by atoms with Crippen LogP contribution in [0.5, 0.6) is 0 Å². The van der Waals surface area contributed by atoms with Crippen molar-refractivity contribution in [3.05, 3.63) is 18.3 Å². The number of hydrogen-bond donors (Lipinski definition) is 2. The molecule has 0 bridgehead atoms. The van der Waals surface area contributed by atoms with E-state index in [1.165, 1.54) is 17.7 Å². The van der Waals surface area contributed by atoms with E-state index in [-0.39, 0.29) is 6.54 Å². The van der Waals surface area contributed by atoms with Gasteiger partial charge in [0.25, 0.3) is 0 Å². The van der Waals surface area contributed by atoms with Crippen LogP contribution in [0.15, 0.2) is 18.3 Å². The first-order valence-corrected chi connectivity index (χ1v) is 6.89. The smallest absolute Gasteiger partial charge is 0.394 e. The minimum absolute atomic E-state index is 0.288. The molecule has 1 aromatic rings. The van der Waals surface area contributed by atoms with Gasteiger partial charge < -0.3 is 10.4 Å². The number of likely N-dealkylation sites (N-methyl/N-ethyl adjacent to an activating group) is 1. The summed E-state index contributed by atoms with van der Waals surface area (Å²) in [6.45, 7) is 2.03. The van der Waals surface area contributed by atoms with Crippen LogP contribution >= 0.6 is 0 Å². The molecule has 1 saturated carbocycles. The third kappa shape index (κ3) is 3.07. The van der Waals surface area contributed by atoms with Gasteiger partial charge in [0, 0.05) is 18.8 Å². The monoisotopic (exact) mass is 277 g/mol. The van der Waals surface area contributed by atoms with Crippen molar-refractivity contribution in [1.82, 2.24) is 4.98 Å². The second-order valence-corrected chi connectivity index (χ2v) is 4.85. The quantitative estimate of drug-likeness (QED) is 0.821. The fourth-order valence-corrected chi connectivity index (χ4v) is 2.53. The third-order valence-electron chi connectivity index (χ3n) is 3.52. The van der Waals surface area contributed by atoms with Gasteiger partial charge in [0.2, 0.25) is 0 Å². The number of carbonyl (C=O) groups is 2. The van der Waals surface area contributed by atoms with Gasteiger partial charge >= 0.3 is 11.9 Å². The fourth-order valence-electron chi connectivity index (χ4n) is 2.53. The van der Waals surface area contributed by atoms with E-state index >= 15 is 0 Å².